The number of pyridine rings is 2. The second-order valence-corrected chi connectivity index (χ2v) is 18.9. The lowest BCUT2D eigenvalue weighted by molar-refractivity contribution is 1.02. The average molecular weight is 945 g/mol. The molecule has 74 heavy (non-hydrogen) atoms. The topological polar surface area (TPSA) is 44.5 Å². The van der Waals surface area contributed by atoms with Crippen LogP contribution in [-0.4, -0.2) is 27.9 Å². The summed E-state index contributed by atoms with van der Waals surface area (Å²) < 4.78 is 9.54. The zero-order chi connectivity index (χ0) is 48.7. The van der Waals surface area contributed by atoms with E-state index in [-0.39, 0.29) is 0 Å². The Bertz CT molecular complexity index is 4310. The largest absolute Gasteiger partial charge is 0.292 e. The molecular formula is C68H44N6. The number of rotatable bonds is 8. The van der Waals surface area contributed by atoms with Crippen molar-refractivity contribution in [3.05, 3.63) is 267 Å². The molecule has 6 nitrogen and oxygen atoms in total. The van der Waals surface area contributed by atoms with Crippen LogP contribution in [0.25, 0.3) is 134 Å². The first kappa shape index (κ1) is 41.7. The summed E-state index contributed by atoms with van der Waals surface area (Å²) in [6.07, 6.45) is 4.30. The number of benzene rings is 9. The van der Waals surface area contributed by atoms with Gasteiger partial charge in [-0.25, -0.2) is 9.97 Å². The number of hydrogen-bond acceptors (Lipinski definition) is 2. The summed E-state index contributed by atoms with van der Waals surface area (Å²) in [4.78, 5) is 10.8. The summed E-state index contributed by atoms with van der Waals surface area (Å²) in [6.45, 7) is 0. The molecule has 0 fully saturated rings. The first-order valence-corrected chi connectivity index (χ1v) is 25.2. The highest BCUT2D eigenvalue weighted by Crippen LogP contribution is 2.50. The van der Waals surface area contributed by atoms with E-state index in [1.54, 1.807) is 0 Å². The lowest BCUT2D eigenvalue weighted by Gasteiger charge is -2.17. The lowest BCUT2D eigenvalue weighted by Crippen LogP contribution is -2.04. The fourth-order valence-corrected chi connectivity index (χ4v) is 11.7. The van der Waals surface area contributed by atoms with Crippen LogP contribution in [0.3, 0.4) is 0 Å². The van der Waals surface area contributed by atoms with Crippen LogP contribution in [0.4, 0.5) is 0 Å². The Morgan fingerprint density at radius 3 is 0.905 bits per heavy atom. The number of fused-ring (bicyclic) bond motifs is 9. The summed E-state index contributed by atoms with van der Waals surface area (Å²) in [6, 6.07) is 91.5. The van der Waals surface area contributed by atoms with Crippen LogP contribution < -0.4 is 0 Å². The molecule has 0 aliphatic heterocycles. The van der Waals surface area contributed by atoms with Crippen molar-refractivity contribution in [2.75, 3.05) is 0 Å². The molecule has 0 amide bonds. The maximum atomic E-state index is 5.42. The fourth-order valence-electron chi connectivity index (χ4n) is 11.7. The van der Waals surface area contributed by atoms with Crippen LogP contribution in [0, 0.1) is 0 Å². The van der Waals surface area contributed by atoms with Gasteiger partial charge in [-0.15, -0.1) is 0 Å². The molecule has 0 aliphatic rings. The van der Waals surface area contributed by atoms with Gasteiger partial charge in [0, 0.05) is 56.2 Å². The smallest absolute Gasteiger partial charge is 0.150 e. The molecule has 0 atom stereocenters. The molecule has 0 unspecified atom stereocenters. The van der Waals surface area contributed by atoms with E-state index in [0.29, 0.717) is 0 Å². The maximum Gasteiger partial charge on any atom is 0.150 e. The van der Waals surface area contributed by atoms with E-state index in [9.17, 15) is 0 Å². The van der Waals surface area contributed by atoms with Crippen molar-refractivity contribution in [3.63, 3.8) is 0 Å². The molecule has 6 heterocycles. The third kappa shape index (κ3) is 6.31. The number of aromatic nitrogens is 6. The Hall–Kier alpha value is -10.0. The van der Waals surface area contributed by atoms with E-state index >= 15 is 0 Å². The number of imidazole rings is 2. The van der Waals surface area contributed by atoms with Gasteiger partial charge >= 0.3 is 0 Å². The van der Waals surface area contributed by atoms with E-state index in [1.165, 1.54) is 11.1 Å². The monoisotopic (exact) mass is 944 g/mol. The van der Waals surface area contributed by atoms with Gasteiger partial charge in [0.25, 0.3) is 0 Å². The van der Waals surface area contributed by atoms with Crippen molar-refractivity contribution in [1.82, 2.24) is 27.9 Å². The normalized spacial score (nSPS) is 11.8. The minimum Gasteiger partial charge on any atom is -0.292 e. The van der Waals surface area contributed by atoms with E-state index in [2.05, 4.69) is 285 Å². The van der Waals surface area contributed by atoms with Crippen LogP contribution in [-0.2, 0) is 0 Å². The van der Waals surface area contributed by atoms with Crippen LogP contribution >= 0.6 is 0 Å². The maximum absolute atomic E-state index is 5.42. The van der Waals surface area contributed by atoms with Crippen molar-refractivity contribution < 1.29 is 0 Å². The third-order valence-corrected chi connectivity index (χ3v) is 14.8. The lowest BCUT2D eigenvalue weighted by atomic mass is 9.94. The molecule has 0 aliphatic carbocycles. The minimum absolute atomic E-state index is 0.878. The Balaban J connectivity index is 1.14. The van der Waals surface area contributed by atoms with Crippen molar-refractivity contribution in [2.45, 2.75) is 0 Å². The number of nitrogens with zero attached hydrogens (tertiary/aromatic N) is 6. The minimum atomic E-state index is 0.878. The fraction of sp³-hybridized carbons (Fsp3) is 0. The zero-order valence-corrected chi connectivity index (χ0v) is 40.1. The van der Waals surface area contributed by atoms with Crippen LogP contribution in [0.1, 0.15) is 0 Å². The van der Waals surface area contributed by atoms with Gasteiger partial charge in [0.15, 0.2) is 11.6 Å². The Labute approximate surface area is 426 Å². The molecule has 6 aromatic heterocycles. The van der Waals surface area contributed by atoms with Gasteiger partial charge in [0.1, 0.15) is 22.7 Å². The number of hydrogen-bond donors (Lipinski definition) is 0. The van der Waals surface area contributed by atoms with Crippen molar-refractivity contribution in [3.8, 4) is 78.9 Å². The molecule has 0 bridgehead atoms. The van der Waals surface area contributed by atoms with Gasteiger partial charge in [0.2, 0.25) is 0 Å². The molecule has 6 heteroatoms. The van der Waals surface area contributed by atoms with Crippen LogP contribution in [0.5, 0.6) is 0 Å². The average Bonchev–Trinajstić information content (AvgIpc) is 4.25. The van der Waals surface area contributed by atoms with E-state index in [1.807, 2.05) is 0 Å². The molecule has 0 N–H and O–H groups in total. The molecule has 0 saturated heterocycles. The standard InChI is InChI=1S/C68H44N6/c1-7-23-45(24-8-1)59-55-41-37-51-52-38-42-56-60(46-25-9-2-10-26-46)64(50-33-17-6-18-34-50)74(68-62(48-29-13-4-14-30-48)70-58-36-20-22-44-72(58)68)66(56)54(52)40-39-53(51)65(55)73(63(59)49-31-15-5-16-32-49)67-61(47-27-11-3-12-28-47)69-57-35-19-21-43-71(57)67/h1-44H. The molecular weight excluding hydrogens is 901 g/mol. The first-order valence-electron chi connectivity index (χ1n) is 25.2. The second-order valence-electron chi connectivity index (χ2n) is 18.9. The SMILES string of the molecule is c1ccc(-c2nc3ccccn3c2-n2c(-c3ccccc3)c(-c3ccccc3)c3ccc4c5ccc6c(-c7ccccc7)c(-c7ccccc7)n(-c7c(-c8ccccc8)nc8ccccn78)c6c5ccc4c32)cc1. The summed E-state index contributed by atoms with van der Waals surface area (Å²) >= 11 is 0. The predicted octanol–water partition coefficient (Wildman–Crippen LogP) is 17.2. The molecule has 15 aromatic rings. The Kier molecular flexibility index (Phi) is 9.47. The molecule has 0 spiro atoms. The highest BCUT2D eigenvalue weighted by Gasteiger charge is 2.30. The highest BCUT2D eigenvalue weighted by atomic mass is 15.2. The molecule has 0 saturated carbocycles. The van der Waals surface area contributed by atoms with Gasteiger partial charge in [-0.1, -0.05) is 231 Å². The van der Waals surface area contributed by atoms with Gasteiger partial charge in [0.05, 0.1) is 22.4 Å². The predicted molar refractivity (Wildman–Crippen MR) is 305 cm³/mol. The molecule has 346 valence electrons. The molecule has 15 rings (SSSR count). The van der Waals surface area contributed by atoms with E-state index in [0.717, 1.165) is 122 Å². The van der Waals surface area contributed by atoms with E-state index < -0.39 is 0 Å². The van der Waals surface area contributed by atoms with Gasteiger partial charge in [-0.2, -0.15) is 0 Å². The van der Waals surface area contributed by atoms with Crippen molar-refractivity contribution in [2.24, 2.45) is 0 Å². The van der Waals surface area contributed by atoms with Gasteiger partial charge < -0.3 is 0 Å². The highest BCUT2D eigenvalue weighted by molar-refractivity contribution is 6.26. The van der Waals surface area contributed by atoms with Crippen molar-refractivity contribution >= 4 is 54.6 Å². The van der Waals surface area contributed by atoms with Gasteiger partial charge in [-0.05, 0) is 57.3 Å². The van der Waals surface area contributed by atoms with Gasteiger partial charge in [-0.3, -0.25) is 17.9 Å². The quantitative estimate of drug-likeness (QED) is 0.143. The zero-order valence-electron chi connectivity index (χ0n) is 40.1. The summed E-state index contributed by atoms with van der Waals surface area (Å²) in [5, 5.41) is 6.91. The molecule has 0 radical (unpaired) electrons. The molecule has 9 aromatic carbocycles. The van der Waals surface area contributed by atoms with Crippen molar-refractivity contribution in [1.29, 1.82) is 0 Å². The van der Waals surface area contributed by atoms with E-state index in [4.69, 9.17) is 9.97 Å². The van der Waals surface area contributed by atoms with Crippen LogP contribution in [0.2, 0.25) is 0 Å². The second kappa shape index (κ2) is 16.8. The summed E-state index contributed by atoms with van der Waals surface area (Å²) in [5.41, 5.74) is 17.0. The van der Waals surface area contributed by atoms with Crippen LogP contribution in [0.15, 0.2) is 267 Å². The third-order valence-electron chi connectivity index (χ3n) is 14.8. The first-order chi connectivity index (χ1) is 36.8. The Morgan fingerprint density at radius 1 is 0.243 bits per heavy atom. The Morgan fingerprint density at radius 2 is 0.541 bits per heavy atom. The summed E-state index contributed by atoms with van der Waals surface area (Å²) in [7, 11) is 0. The summed E-state index contributed by atoms with van der Waals surface area (Å²) in [5.74, 6) is 1.96.